The zero-order valence-electron chi connectivity index (χ0n) is 11.4. The molecule has 0 fully saturated rings. The van der Waals surface area contributed by atoms with Gasteiger partial charge in [0.25, 0.3) is 0 Å². The number of hydrogen-bond acceptors (Lipinski definition) is 3. The molecule has 0 aliphatic heterocycles. The predicted molar refractivity (Wildman–Crippen MR) is 75.8 cm³/mol. The average Bonchev–Trinajstić information content (AvgIpc) is 2.38. The number of hydrogen-bond donors (Lipinski definition) is 1. The number of carbonyl (C=O) groups excluding carboxylic acids is 1. The normalized spacial score (nSPS) is 10.3. The van der Waals surface area contributed by atoms with Gasteiger partial charge in [0.1, 0.15) is 12.4 Å². The molecule has 2 aromatic rings. The molecule has 104 valence electrons. The van der Waals surface area contributed by atoms with E-state index < -0.39 is 11.8 Å². The summed E-state index contributed by atoms with van der Waals surface area (Å²) in [5.41, 5.74) is 8.77. The number of esters is 1. The number of anilines is 1. The highest BCUT2D eigenvalue weighted by molar-refractivity contribution is 5.90. The molecule has 3 nitrogen and oxygen atoms in total. The molecule has 2 N–H and O–H groups in total. The number of ether oxygens (including phenoxy) is 1. The third-order valence-corrected chi connectivity index (χ3v) is 2.86. The highest BCUT2D eigenvalue weighted by atomic mass is 19.1. The number of benzene rings is 2. The fourth-order valence-corrected chi connectivity index (χ4v) is 2.08. The first-order valence-electron chi connectivity index (χ1n) is 6.25. The lowest BCUT2D eigenvalue weighted by Gasteiger charge is -2.08. The van der Waals surface area contributed by atoms with Crippen LogP contribution in [0, 0.1) is 19.7 Å². The number of nitrogens with two attached hydrogens (primary N) is 1. The Bertz CT molecular complexity index is 633. The Balaban J connectivity index is 2.10. The molecule has 0 spiro atoms. The van der Waals surface area contributed by atoms with Crippen molar-refractivity contribution in [3.05, 3.63) is 64.5 Å². The van der Waals surface area contributed by atoms with Crippen LogP contribution >= 0.6 is 0 Å². The van der Waals surface area contributed by atoms with Crippen molar-refractivity contribution in [2.45, 2.75) is 20.5 Å². The SMILES string of the molecule is Cc1cc(C)cc(COC(=O)c2cc(N)ccc2F)c1. The standard InChI is InChI=1S/C16H16FNO2/c1-10-5-11(2)7-12(6-10)9-20-16(19)14-8-13(18)3-4-15(14)17/h3-8H,9,18H2,1-2H3. The van der Waals surface area contributed by atoms with Crippen molar-refractivity contribution >= 4 is 11.7 Å². The summed E-state index contributed by atoms with van der Waals surface area (Å²) in [6.07, 6.45) is 0. The van der Waals surface area contributed by atoms with Gasteiger partial charge in [-0.15, -0.1) is 0 Å². The molecule has 0 amide bonds. The summed E-state index contributed by atoms with van der Waals surface area (Å²) < 4.78 is 18.6. The van der Waals surface area contributed by atoms with Crippen molar-refractivity contribution in [3.63, 3.8) is 0 Å². The lowest BCUT2D eigenvalue weighted by molar-refractivity contribution is 0.0467. The lowest BCUT2D eigenvalue weighted by Crippen LogP contribution is -2.08. The molecule has 20 heavy (non-hydrogen) atoms. The number of carbonyl (C=O) groups is 1. The smallest absolute Gasteiger partial charge is 0.341 e. The van der Waals surface area contributed by atoms with Crippen LogP contribution in [0.4, 0.5) is 10.1 Å². The van der Waals surface area contributed by atoms with Crippen LogP contribution < -0.4 is 5.73 Å². The van der Waals surface area contributed by atoms with Crippen molar-refractivity contribution in [1.82, 2.24) is 0 Å². The first-order chi connectivity index (χ1) is 9.45. The van der Waals surface area contributed by atoms with Gasteiger partial charge in [-0.05, 0) is 37.6 Å². The van der Waals surface area contributed by atoms with Crippen LogP contribution in [0.3, 0.4) is 0 Å². The van der Waals surface area contributed by atoms with Gasteiger partial charge in [-0.2, -0.15) is 0 Å². The third kappa shape index (κ3) is 3.35. The highest BCUT2D eigenvalue weighted by Gasteiger charge is 2.13. The molecule has 0 unspecified atom stereocenters. The van der Waals surface area contributed by atoms with Crippen LogP contribution in [-0.2, 0) is 11.3 Å². The Labute approximate surface area is 117 Å². The summed E-state index contributed by atoms with van der Waals surface area (Å²) >= 11 is 0. The van der Waals surface area contributed by atoms with Gasteiger partial charge < -0.3 is 10.5 Å². The van der Waals surface area contributed by atoms with Gasteiger partial charge >= 0.3 is 5.97 Å². The molecule has 0 saturated heterocycles. The number of rotatable bonds is 3. The van der Waals surface area contributed by atoms with Crippen LogP contribution in [0.5, 0.6) is 0 Å². The summed E-state index contributed by atoms with van der Waals surface area (Å²) in [5, 5.41) is 0. The van der Waals surface area contributed by atoms with Gasteiger partial charge in [0, 0.05) is 5.69 Å². The molecule has 0 aliphatic rings. The van der Waals surface area contributed by atoms with Crippen molar-refractivity contribution in [2.75, 3.05) is 5.73 Å². The minimum Gasteiger partial charge on any atom is -0.457 e. The minimum absolute atomic E-state index is 0.107. The molecule has 0 radical (unpaired) electrons. The Kier molecular flexibility index (Phi) is 4.03. The average molecular weight is 273 g/mol. The molecular formula is C16H16FNO2. The largest absolute Gasteiger partial charge is 0.457 e. The fraction of sp³-hybridized carbons (Fsp3) is 0.188. The van der Waals surface area contributed by atoms with E-state index in [4.69, 9.17) is 10.5 Å². The zero-order valence-corrected chi connectivity index (χ0v) is 11.4. The molecule has 0 heterocycles. The van der Waals surface area contributed by atoms with E-state index in [1.807, 2.05) is 32.0 Å². The predicted octanol–water partition coefficient (Wildman–Crippen LogP) is 3.38. The van der Waals surface area contributed by atoms with Gasteiger partial charge in [-0.25, -0.2) is 9.18 Å². The Morgan fingerprint density at radius 2 is 1.80 bits per heavy atom. The van der Waals surface area contributed by atoms with Gasteiger partial charge in [0.2, 0.25) is 0 Å². The molecule has 2 rings (SSSR count). The van der Waals surface area contributed by atoms with Crippen LogP contribution in [0.25, 0.3) is 0 Å². The van der Waals surface area contributed by atoms with Crippen molar-refractivity contribution in [3.8, 4) is 0 Å². The topological polar surface area (TPSA) is 52.3 Å². The number of halogens is 1. The molecular weight excluding hydrogens is 257 g/mol. The second-order valence-corrected chi connectivity index (χ2v) is 4.81. The summed E-state index contributed by atoms with van der Waals surface area (Å²) in [6, 6.07) is 9.72. The molecule has 0 atom stereocenters. The van der Waals surface area contributed by atoms with E-state index in [9.17, 15) is 9.18 Å². The van der Waals surface area contributed by atoms with E-state index in [0.29, 0.717) is 5.69 Å². The summed E-state index contributed by atoms with van der Waals surface area (Å²) in [4.78, 5) is 11.8. The summed E-state index contributed by atoms with van der Waals surface area (Å²) in [5.74, 6) is -1.35. The van der Waals surface area contributed by atoms with Crippen LogP contribution in [-0.4, -0.2) is 5.97 Å². The van der Waals surface area contributed by atoms with E-state index in [1.165, 1.54) is 12.1 Å². The molecule has 0 saturated carbocycles. The maximum atomic E-state index is 13.5. The first-order valence-corrected chi connectivity index (χ1v) is 6.25. The fourth-order valence-electron chi connectivity index (χ4n) is 2.08. The third-order valence-electron chi connectivity index (χ3n) is 2.86. The zero-order chi connectivity index (χ0) is 14.7. The van der Waals surface area contributed by atoms with E-state index in [1.54, 1.807) is 0 Å². The summed E-state index contributed by atoms with van der Waals surface area (Å²) in [7, 11) is 0. The van der Waals surface area contributed by atoms with Gasteiger partial charge in [0.15, 0.2) is 0 Å². The molecule has 0 aliphatic carbocycles. The molecule has 4 heteroatoms. The van der Waals surface area contributed by atoms with Gasteiger partial charge in [-0.3, -0.25) is 0 Å². The van der Waals surface area contributed by atoms with Crippen LogP contribution in [0.15, 0.2) is 36.4 Å². The number of nitrogen functional groups attached to an aromatic ring is 1. The second kappa shape index (κ2) is 5.74. The second-order valence-electron chi connectivity index (χ2n) is 4.81. The Morgan fingerprint density at radius 3 is 2.45 bits per heavy atom. The van der Waals surface area contributed by atoms with Crippen LogP contribution in [0.1, 0.15) is 27.0 Å². The molecule has 0 bridgehead atoms. The molecule has 0 aromatic heterocycles. The van der Waals surface area contributed by atoms with E-state index in [2.05, 4.69) is 0 Å². The Morgan fingerprint density at radius 1 is 1.15 bits per heavy atom. The van der Waals surface area contributed by atoms with Crippen molar-refractivity contribution < 1.29 is 13.9 Å². The minimum atomic E-state index is -0.714. The maximum absolute atomic E-state index is 13.5. The lowest BCUT2D eigenvalue weighted by atomic mass is 10.1. The van der Waals surface area contributed by atoms with E-state index in [-0.39, 0.29) is 12.2 Å². The Hall–Kier alpha value is -2.36. The monoisotopic (exact) mass is 273 g/mol. The van der Waals surface area contributed by atoms with Crippen LogP contribution in [0.2, 0.25) is 0 Å². The van der Waals surface area contributed by atoms with Crippen molar-refractivity contribution in [2.24, 2.45) is 0 Å². The quantitative estimate of drug-likeness (QED) is 0.689. The first kappa shape index (κ1) is 14.1. The van der Waals surface area contributed by atoms with Gasteiger partial charge in [-0.1, -0.05) is 29.3 Å². The van der Waals surface area contributed by atoms with Crippen molar-refractivity contribution in [1.29, 1.82) is 0 Å². The van der Waals surface area contributed by atoms with E-state index >= 15 is 0 Å². The van der Waals surface area contributed by atoms with E-state index in [0.717, 1.165) is 22.8 Å². The summed E-state index contributed by atoms with van der Waals surface area (Å²) in [6.45, 7) is 4.04. The van der Waals surface area contributed by atoms with Gasteiger partial charge in [0.05, 0.1) is 5.56 Å². The number of aryl methyl sites for hydroxylation is 2. The maximum Gasteiger partial charge on any atom is 0.341 e. The highest BCUT2D eigenvalue weighted by Crippen LogP contribution is 2.15. The molecule has 2 aromatic carbocycles.